The zero-order valence-electron chi connectivity index (χ0n) is 11.0. The van der Waals surface area contributed by atoms with Crippen molar-refractivity contribution in [2.45, 2.75) is 25.8 Å². The van der Waals surface area contributed by atoms with Crippen molar-refractivity contribution < 1.29 is 17.5 Å². The third kappa shape index (κ3) is 4.47. The van der Waals surface area contributed by atoms with Gasteiger partial charge in [0.15, 0.2) is 11.6 Å². The second-order valence-corrected chi connectivity index (χ2v) is 6.84. The first kappa shape index (κ1) is 14.3. The molecule has 1 N–H and O–H groups in total. The summed E-state index contributed by atoms with van der Waals surface area (Å²) in [4.78, 5) is 0. The lowest BCUT2D eigenvalue weighted by Gasteiger charge is -2.14. The van der Waals surface area contributed by atoms with Gasteiger partial charge in [0.25, 0.3) is 0 Å². The molecule has 0 radical (unpaired) electrons. The lowest BCUT2D eigenvalue weighted by atomic mass is 10.1. The van der Waals surface area contributed by atoms with Crippen molar-refractivity contribution in [3.8, 4) is 5.75 Å². The van der Waals surface area contributed by atoms with Gasteiger partial charge in [-0.05, 0) is 43.4 Å². The van der Waals surface area contributed by atoms with E-state index in [0.717, 1.165) is 19.1 Å². The maximum atomic E-state index is 13.6. The summed E-state index contributed by atoms with van der Waals surface area (Å²) in [5, 5.41) is 0. The molecule has 0 bridgehead atoms. The number of hydrogen-bond donors (Lipinski definition) is 1. The summed E-state index contributed by atoms with van der Waals surface area (Å²) in [7, 11) is -3.29. The van der Waals surface area contributed by atoms with Crippen LogP contribution >= 0.6 is 0 Å². The van der Waals surface area contributed by atoms with Crippen molar-refractivity contribution in [2.75, 3.05) is 12.9 Å². The Hall–Kier alpha value is -1.14. The second kappa shape index (κ2) is 5.46. The van der Waals surface area contributed by atoms with Gasteiger partial charge in [0.1, 0.15) is 0 Å². The van der Waals surface area contributed by atoms with Crippen molar-refractivity contribution in [1.82, 2.24) is 4.72 Å². The molecule has 0 spiro atoms. The van der Waals surface area contributed by atoms with Crippen LogP contribution in [0.1, 0.15) is 31.4 Å². The predicted molar refractivity (Wildman–Crippen MR) is 71.0 cm³/mol. The molecule has 0 unspecified atom stereocenters. The Morgan fingerprint density at radius 2 is 2.16 bits per heavy atom. The van der Waals surface area contributed by atoms with Crippen LogP contribution in [-0.4, -0.2) is 21.3 Å². The van der Waals surface area contributed by atoms with Crippen LogP contribution in [0.4, 0.5) is 4.39 Å². The molecule has 19 heavy (non-hydrogen) atoms. The fourth-order valence-electron chi connectivity index (χ4n) is 1.78. The highest BCUT2D eigenvalue weighted by Crippen LogP contribution is 2.31. The molecule has 0 aliphatic heterocycles. The largest absolute Gasteiger partial charge is 0.490 e. The Bertz CT molecular complexity index is 555. The van der Waals surface area contributed by atoms with Crippen LogP contribution in [0.15, 0.2) is 18.2 Å². The van der Waals surface area contributed by atoms with Crippen LogP contribution < -0.4 is 9.46 Å². The summed E-state index contributed by atoms with van der Waals surface area (Å²) >= 11 is 0. The number of ether oxygens (including phenoxy) is 1. The minimum atomic E-state index is -3.29. The number of hydrogen-bond acceptors (Lipinski definition) is 3. The van der Waals surface area contributed by atoms with Crippen LogP contribution in [0.25, 0.3) is 0 Å². The molecule has 0 heterocycles. The summed E-state index contributed by atoms with van der Waals surface area (Å²) in [5.74, 6) is 0.303. The van der Waals surface area contributed by atoms with E-state index in [4.69, 9.17) is 4.74 Å². The van der Waals surface area contributed by atoms with Gasteiger partial charge in [-0.25, -0.2) is 17.5 Å². The first-order chi connectivity index (χ1) is 8.85. The molecular weight excluding hydrogens is 269 g/mol. The molecule has 6 heteroatoms. The Morgan fingerprint density at radius 3 is 2.74 bits per heavy atom. The van der Waals surface area contributed by atoms with Gasteiger partial charge in [-0.1, -0.05) is 6.07 Å². The molecule has 4 nitrogen and oxygen atoms in total. The highest BCUT2D eigenvalue weighted by molar-refractivity contribution is 7.88. The van der Waals surface area contributed by atoms with Crippen molar-refractivity contribution >= 4 is 10.0 Å². The summed E-state index contributed by atoms with van der Waals surface area (Å²) in [6, 6.07) is 4.00. The standard InChI is InChI=1S/C13H18FNO3S/c1-9(15-19(2,16)17)11-5-6-12(14)13(7-11)18-8-10-3-4-10/h5-7,9-10,15H,3-4,8H2,1-2H3/t9-/m1/s1. The van der Waals surface area contributed by atoms with Gasteiger partial charge in [-0.3, -0.25) is 0 Å². The molecule has 0 saturated heterocycles. The van der Waals surface area contributed by atoms with E-state index in [1.165, 1.54) is 6.07 Å². The summed E-state index contributed by atoms with van der Waals surface area (Å²) in [6.45, 7) is 2.23. The highest BCUT2D eigenvalue weighted by atomic mass is 32.2. The van der Waals surface area contributed by atoms with Crippen molar-refractivity contribution in [2.24, 2.45) is 5.92 Å². The molecule has 1 aliphatic rings. The van der Waals surface area contributed by atoms with E-state index in [1.807, 2.05) is 0 Å². The number of halogens is 1. The fourth-order valence-corrected chi connectivity index (χ4v) is 2.56. The second-order valence-electron chi connectivity index (χ2n) is 5.06. The third-order valence-electron chi connectivity index (χ3n) is 3.02. The van der Waals surface area contributed by atoms with Crippen molar-refractivity contribution in [1.29, 1.82) is 0 Å². The van der Waals surface area contributed by atoms with Gasteiger partial charge in [-0.2, -0.15) is 0 Å². The highest BCUT2D eigenvalue weighted by Gasteiger charge is 2.22. The van der Waals surface area contributed by atoms with Crippen LogP contribution in [0.3, 0.4) is 0 Å². The SMILES string of the molecule is C[C@@H](NS(C)(=O)=O)c1ccc(F)c(OCC2CC2)c1. The average molecular weight is 287 g/mol. The predicted octanol–water partition coefficient (Wildman–Crippen LogP) is 2.22. The van der Waals surface area contributed by atoms with Crippen molar-refractivity contribution in [3.63, 3.8) is 0 Å². The van der Waals surface area contributed by atoms with Crippen LogP contribution in [0, 0.1) is 11.7 Å². The minimum Gasteiger partial charge on any atom is -0.490 e. The smallest absolute Gasteiger partial charge is 0.209 e. The van der Waals surface area contributed by atoms with E-state index in [9.17, 15) is 12.8 Å². The topological polar surface area (TPSA) is 55.4 Å². The lowest BCUT2D eigenvalue weighted by molar-refractivity contribution is 0.285. The van der Waals surface area contributed by atoms with E-state index < -0.39 is 21.9 Å². The van der Waals surface area contributed by atoms with E-state index in [1.54, 1.807) is 19.1 Å². The molecule has 1 fully saturated rings. The van der Waals surface area contributed by atoms with E-state index >= 15 is 0 Å². The number of benzene rings is 1. The minimum absolute atomic E-state index is 0.187. The first-order valence-electron chi connectivity index (χ1n) is 6.24. The van der Waals surface area contributed by atoms with E-state index in [-0.39, 0.29) is 5.75 Å². The maximum absolute atomic E-state index is 13.6. The molecule has 0 amide bonds. The van der Waals surface area contributed by atoms with E-state index in [2.05, 4.69) is 4.72 Å². The Kier molecular flexibility index (Phi) is 4.10. The van der Waals surface area contributed by atoms with Gasteiger partial charge in [-0.15, -0.1) is 0 Å². The fraction of sp³-hybridized carbons (Fsp3) is 0.538. The summed E-state index contributed by atoms with van der Waals surface area (Å²) < 4.78 is 43.8. The third-order valence-corrected chi connectivity index (χ3v) is 3.80. The maximum Gasteiger partial charge on any atom is 0.209 e. The van der Waals surface area contributed by atoms with Gasteiger partial charge >= 0.3 is 0 Å². The zero-order chi connectivity index (χ0) is 14.0. The molecule has 2 rings (SSSR count). The molecule has 1 aliphatic carbocycles. The molecule has 1 aromatic rings. The molecule has 106 valence electrons. The van der Waals surface area contributed by atoms with Gasteiger partial charge in [0.2, 0.25) is 10.0 Å². The summed E-state index contributed by atoms with van der Waals surface area (Å²) in [5.41, 5.74) is 0.678. The zero-order valence-corrected chi connectivity index (χ0v) is 11.8. The quantitative estimate of drug-likeness (QED) is 0.873. The number of nitrogens with one attached hydrogen (secondary N) is 1. The molecular formula is C13H18FNO3S. The van der Waals surface area contributed by atoms with Gasteiger partial charge in [0.05, 0.1) is 12.9 Å². The Labute approximate surface area is 113 Å². The van der Waals surface area contributed by atoms with Crippen LogP contribution in [-0.2, 0) is 10.0 Å². The Balaban J connectivity index is 2.09. The van der Waals surface area contributed by atoms with Gasteiger partial charge in [0, 0.05) is 6.04 Å². The van der Waals surface area contributed by atoms with Gasteiger partial charge < -0.3 is 4.74 Å². The number of rotatable bonds is 6. The van der Waals surface area contributed by atoms with Crippen molar-refractivity contribution in [3.05, 3.63) is 29.6 Å². The van der Waals surface area contributed by atoms with E-state index in [0.29, 0.717) is 18.1 Å². The normalized spacial score (nSPS) is 17.2. The lowest BCUT2D eigenvalue weighted by Crippen LogP contribution is -2.25. The molecule has 1 saturated carbocycles. The number of sulfonamides is 1. The molecule has 1 atom stereocenters. The average Bonchev–Trinajstić information content (AvgIpc) is 3.09. The monoisotopic (exact) mass is 287 g/mol. The van der Waals surface area contributed by atoms with Crippen LogP contribution in [0.5, 0.6) is 5.75 Å². The van der Waals surface area contributed by atoms with Crippen LogP contribution in [0.2, 0.25) is 0 Å². The first-order valence-corrected chi connectivity index (χ1v) is 8.14. The molecule has 1 aromatic carbocycles. The molecule has 0 aromatic heterocycles. The Morgan fingerprint density at radius 1 is 1.47 bits per heavy atom. The summed E-state index contributed by atoms with van der Waals surface area (Å²) in [6.07, 6.45) is 3.36.